The van der Waals surface area contributed by atoms with Gasteiger partial charge < -0.3 is 5.11 Å². The van der Waals surface area contributed by atoms with E-state index in [9.17, 15) is 18.3 Å². The molecule has 0 saturated heterocycles. The van der Waals surface area contributed by atoms with Gasteiger partial charge in [-0.3, -0.25) is 4.79 Å². The van der Waals surface area contributed by atoms with Crippen molar-refractivity contribution in [3.63, 3.8) is 0 Å². The van der Waals surface area contributed by atoms with Crippen LogP contribution in [0.5, 0.6) is 0 Å². The Morgan fingerprint density at radius 2 is 2.10 bits per heavy atom. The van der Waals surface area contributed by atoms with Gasteiger partial charge in [0.05, 0.1) is 5.92 Å². The Kier molecular flexibility index (Phi) is 4.45. The number of sulfonamides is 1. The molecule has 1 aromatic heterocycles. The fourth-order valence-corrected chi connectivity index (χ4v) is 4.84. The van der Waals surface area contributed by atoms with Gasteiger partial charge >= 0.3 is 5.97 Å². The monoisotopic (exact) mass is 366 g/mol. The summed E-state index contributed by atoms with van der Waals surface area (Å²) in [6.45, 7) is 0. The Hall–Kier alpha value is -1.00. The van der Waals surface area contributed by atoms with Crippen LogP contribution < -0.4 is 4.72 Å². The maximum absolute atomic E-state index is 12.3. The third-order valence-electron chi connectivity index (χ3n) is 3.38. The first-order valence-electron chi connectivity index (χ1n) is 6.13. The Balaban J connectivity index is 2.25. The molecule has 2 rings (SSSR count). The van der Waals surface area contributed by atoms with Crippen LogP contribution in [0.3, 0.4) is 0 Å². The van der Waals surface area contributed by atoms with Gasteiger partial charge in [0.15, 0.2) is 4.60 Å². The van der Waals surface area contributed by atoms with Crippen molar-refractivity contribution in [2.24, 2.45) is 13.0 Å². The number of carbonyl (C=O) groups is 1. The molecule has 2 atom stereocenters. The van der Waals surface area contributed by atoms with Crippen molar-refractivity contribution in [1.82, 2.24) is 19.7 Å². The van der Waals surface area contributed by atoms with Crippen LogP contribution in [0.2, 0.25) is 0 Å². The van der Waals surface area contributed by atoms with Gasteiger partial charge in [-0.1, -0.05) is 18.1 Å². The molecule has 20 heavy (non-hydrogen) atoms. The summed E-state index contributed by atoms with van der Waals surface area (Å²) in [6, 6.07) is -0.604. The van der Waals surface area contributed by atoms with E-state index in [1.807, 2.05) is 0 Å². The molecule has 1 saturated carbocycles. The lowest BCUT2D eigenvalue weighted by Gasteiger charge is -2.28. The number of rotatable bonds is 4. The second-order valence-electron chi connectivity index (χ2n) is 4.77. The van der Waals surface area contributed by atoms with Crippen LogP contribution in [-0.4, -0.2) is 40.5 Å². The Bertz CT molecular complexity index is 595. The lowest BCUT2D eigenvalue weighted by molar-refractivity contribution is -0.143. The molecule has 8 nitrogen and oxygen atoms in total. The van der Waals surface area contributed by atoms with E-state index in [4.69, 9.17) is 0 Å². The van der Waals surface area contributed by atoms with Gasteiger partial charge in [0.25, 0.3) is 10.0 Å². The Morgan fingerprint density at radius 3 is 2.65 bits per heavy atom. The fraction of sp³-hybridized carbons (Fsp3) is 0.700. The van der Waals surface area contributed by atoms with Crippen molar-refractivity contribution in [3.8, 4) is 0 Å². The van der Waals surface area contributed by atoms with Crippen LogP contribution in [0.1, 0.15) is 25.7 Å². The topological polar surface area (TPSA) is 114 Å². The van der Waals surface area contributed by atoms with E-state index >= 15 is 0 Å². The van der Waals surface area contributed by atoms with Gasteiger partial charge in [-0.25, -0.2) is 17.8 Å². The third kappa shape index (κ3) is 3.01. The number of aromatic nitrogens is 3. The average Bonchev–Trinajstić information content (AvgIpc) is 2.69. The molecule has 0 spiro atoms. The highest BCUT2D eigenvalue weighted by Gasteiger charge is 2.35. The Morgan fingerprint density at radius 1 is 1.45 bits per heavy atom. The minimum absolute atomic E-state index is 0.104. The molecule has 1 fully saturated rings. The van der Waals surface area contributed by atoms with Crippen LogP contribution in [0.15, 0.2) is 9.63 Å². The average molecular weight is 367 g/mol. The summed E-state index contributed by atoms with van der Waals surface area (Å²) in [5, 5.41) is 16.3. The summed E-state index contributed by atoms with van der Waals surface area (Å²) in [6.07, 6.45) is 2.60. The smallest absolute Gasteiger partial charge is 0.308 e. The van der Waals surface area contributed by atoms with Crippen molar-refractivity contribution >= 4 is 31.9 Å². The van der Waals surface area contributed by atoms with Crippen LogP contribution >= 0.6 is 15.9 Å². The maximum atomic E-state index is 12.3. The van der Waals surface area contributed by atoms with E-state index in [0.717, 1.165) is 17.5 Å². The van der Waals surface area contributed by atoms with E-state index in [-0.39, 0.29) is 9.63 Å². The lowest BCUT2D eigenvalue weighted by Crippen LogP contribution is -2.45. The fourth-order valence-electron chi connectivity index (χ4n) is 2.43. The van der Waals surface area contributed by atoms with Gasteiger partial charge in [0.1, 0.15) is 0 Å². The summed E-state index contributed by atoms with van der Waals surface area (Å²) < 4.78 is 28.4. The Labute approximate surface area is 124 Å². The third-order valence-corrected chi connectivity index (χ3v) is 5.76. The largest absolute Gasteiger partial charge is 0.481 e. The molecule has 1 aromatic rings. The molecule has 1 aliphatic carbocycles. The molecular formula is C10H15BrN4O4S. The second-order valence-corrected chi connectivity index (χ2v) is 7.15. The van der Waals surface area contributed by atoms with Gasteiger partial charge in [0, 0.05) is 13.1 Å². The molecule has 0 aliphatic heterocycles. The first-order chi connectivity index (χ1) is 9.33. The summed E-state index contributed by atoms with van der Waals surface area (Å²) >= 11 is 3.03. The number of carboxylic acid groups (broad SMARTS) is 1. The van der Waals surface area contributed by atoms with Crippen molar-refractivity contribution in [2.75, 3.05) is 0 Å². The number of hydrogen-bond donors (Lipinski definition) is 2. The van der Waals surface area contributed by atoms with Crippen LogP contribution in [0.25, 0.3) is 0 Å². The molecule has 2 N–H and O–H groups in total. The van der Waals surface area contributed by atoms with Crippen molar-refractivity contribution in [3.05, 3.63) is 4.60 Å². The number of nitrogens with one attached hydrogen (secondary N) is 1. The summed E-state index contributed by atoms with van der Waals surface area (Å²) in [5.74, 6) is -1.67. The number of carboxylic acids is 1. The molecule has 10 heteroatoms. The highest BCUT2D eigenvalue weighted by Crippen LogP contribution is 2.27. The van der Waals surface area contributed by atoms with Gasteiger partial charge in [-0.2, -0.15) is 0 Å². The van der Waals surface area contributed by atoms with Gasteiger partial charge in [-0.05, 0) is 28.8 Å². The number of nitrogens with zero attached hydrogens (tertiary/aromatic N) is 3. The minimum Gasteiger partial charge on any atom is -0.481 e. The van der Waals surface area contributed by atoms with Crippen LogP contribution in [0.4, 0.5) is 0 Å². The number of halogens is 1. The molecule has 1 heterocycles. The van der Waals surface area contributed by atoms with Crippen LogP contribution in [-0.2, 0) is 21.9 Å². The predicted molar refractivity (Wildman–Crippen MR) is 72.4 cm³/mol. The van der Waals surface area contributed by atoms with Gasteiger partial charge in [0.2, 0.25) is 5.03 Å². The van der Waals surface area contributed by atoms with Crippen molar-refractivity contribution in [2.45, 2.75) is 36.8 Å². The van der Waals surface area contributed by atoms with E-state index in [1.54, 1.807) is 0 Å². The van der Waals surface area contributed by atoms with Crippen molar-refractivity contribution < 1.29 is 18.3 Å². The quantitative estimate of drug-likeness (QED) is 0.801. The van der Waals surface area contributed by atoms with Crippen LogP contribution in [0, 0.1) is 5.92 Å². The first kappa shape index (κ1) is 15.4. The molecular weight excluding hydrogens is 352 g/mol. The number of aliphatic carboxylic acids is 1. The zero-order valence-electron chi connectivity index (χ0n) is 10.8. The predicted octanol–water partition coefficient (Wildman–Crippen LogP) is 0.499. The first-order valence-corrected chi connectivity index (χ1v) is 8.41. The van der Waals surface area contributed by atoms with E-state index in [2.05, 4.69) is 31.0 Å². The molecule has 0 bridgehead atoms. The molecule has 0 amide bonds. The highest BCUT2D eigenvalue weighted by atomic mass is 79.9. The minimum atomic E-state index is -3.87. The lowest BCUT2D eigenvalue weighted by atomic mass is 9.85. The molecule has 112 valence electrons. The summed E-state index contributed by atoms with van der Waals surface area (Å²) in [5.41, 5.74) is 0. The molecule has 0 aromatic carbocycles. The molecule has 2 unspecified atom stereocenters. The standard InChI is InChI=1S/C10H15BrN4O4S/c1-15-9(8(11)12-14-15)20(18,19)13-7-5-3-2-4-6(7)10(16)17/h6-7,13H,2-5H2,1H3,(H,16,17). The zero-order chi connectivity index (χ0) is 14.9. The van der Waals surface area contributed by atoms with E-state index in [1.165, 1.54) is 7.05 Å². The highest BCUT2D eigenvalue weighted by molar-refractivity contribution is 9.10. The summed E-state index contributed by atoms with van der Waals surface area (Å²) in [7, 11) is -2.41. The normalized spacial score (nSPS) is 23.7. The summed E-state index contributed by atoms with van der Waals surface area (Å²) in [4.78, 5) is 11.2. The SMILES string of the molecule is Cn1nnc(Br)c1S(=O)(=O)NC1CCCCC1C(=O)O. The van der Waals surface area contributed by atoms with Gasteiger partial charge in [-0.15, -0.1) is 5.10 Å². The van der Waals surface area contributed by atoms with Crippen molar-refractivity contribution in [1.29, 1.82) is 0 Å². The maximum Gasteiger partial charge on any atom is 0.308 e. The van der Waals surface area contributed by atoms with E-state index < -0.39 is 28.0 Å². The molecule has 0 radical (unpaired) electrons. The zero-order valence-corrected chi connectivity index (χ0v) is 13.2. The number of aryl methyl sites for hydroxylation is 1. The number of hydrogen-bond acceptors (Lipinski definition) is 5. The van der Waals surface area contributed by atoms with E-state index in [0.29, 0.717) is 12.8 Å². The molecule has 1 aliphatic rings. The second kappa shape index (κ2) is 5.78.